The topological polar surface area (TPSA) is 135 Å². The maximum absolute atomic E-state index is 13.2. The molecule has 1 fully saturated rings. The van der Waals surface area contributed by atoms with Gasteiger partial charge in [-0.1, -0.05) is 80.0 Å². The van der Waals surface area contributed by atoms with Crippen molar-refractivity contribution in [2.24, 2.45) is 5.41 Å². The Labute approximate surface area is 267 Å². The van der Waals surface area contributed by atoms with Gasteiger partial charge in [-0.2, -0.15) is 0 Å². The second-order valence-corrected chi connectivity index (χ2v) is 12.5. The minimum atomic E-state index is -1.08. The van der Waals surface area contributed by atoms with Crippen molar-refractivity contribution >= 4 is 23.4 Å². The Morgan fingerprint density at radius 3 is 2.56 bits per heavy atom. The number of likely N-dealkylation sites (tertiary alicyclic amines) is 1. The van der Waals surface area contributed by atoms with Gasteiger partial charge < -0.3 is 14.7 Å². The Morgan fingerprint density at radius 2 is 1.82 bits per heavy atom. The van der Waals surface area contributed by atoms with E-state index in [0.717, 1.165) is 11.1 Å². The summed E-state index contributed by atoms with van der Waals surface area (Å²) >= 11 is 6.04. The van der Waals surface area contributed by atoms with E-state index in [4.69, 9.17) is 16.3 Å². The molecule has 0 aliphatic carbocycles. The SMILES string of the molecule is C[C@H](CC(=O)N1CC[C@](O)(c2ccc(Cl)cc2)C(C)(C)C1)NNC(=O)c1cccc(-c2nnn(COCc3ccccc3)n2)c1. The van der Waals surface area contributed by atoms with Crippen molar-refractivity contribution in [3.63, 3.8) is 0 Å². The summed E-state index contributed by atoms with van der Waals surface area (Å²) in [4.78, 5) is 29.2. The molecule has 3 aromatic carbocycles. The van der Waals surface area contributed by atoms with Crippen LogP contribution in [0.4, 0.5) is 0 Å². The van der Waals surface area contributed by atoms with Crippen LogP contribution in [0.5, 0.6) is 0 Å². The molecule has 1 saturated heterocycles. The van der Waals surface area contributed by atoms with Gasteiger partial charge in [-0.25, -0.2) is 5.43 Å². The van der Waals surface area contributed by atoms with Crippen LogP contribution >= 0.6 is 11.6 Å². The Kier molecular flexibility index (Phi) is 9.93. The van der Waals surface area contributed by atoms with Gasteiger partial charge in [0.1, 0.15) is 0 Å². The molecule has 1 aliphatic rings. The largest absolute Gasteiger partial charge is 0.384 e. The maximum atomic E-state index is 13.2. The van der Waals surface area contributed by atoms with E-state index in [1.807, 2.05) is 63.2 Å². The first-order chi connectivity index (χ1) is 21.5. The van der Waals surface area contributed by atoms with Crippen molar-refractivity contribution < 1.29 is 19.4 Å². The number of aromatic nitrogens is 4. The maximum Gasteiger partial charge on any atom is 0.265 e. The fourth-order valence-corrected chi connectivity index (χ4v) is 5.66. The third kappa shape index (κ3) is 7.74. The molecule has 0 bridgehead atoms. The molecule has 0 spiro atoms. The molecule has 0 unspecified atom stereocenters. The number of piperidine rings is 1. The fourth-order valence-electron chi connectivity index (χ4n) is 5.53. The summed E-state index contributed by atoms with van der Waals surface area (Å²) in [6, 6.07) is 23.6. The molecule has 1 aromatic heterocycles. The highest BCUT2D eigenvalue weighted by Gasteiger charge is 2.49. The molecular formula is C33H38ClN7O4. The molecule has 0 radical (unpaired) electrons. The monoisotopic (exact) mass is 631 g/mol. The van der Waals surface area contributed by atoms with Crippen molar-refractivity contribution in [3.8, 4) is 11.4 Å². The van der Waals surface area contributed by atoms with Crippen molar-refractivity contribution in [1.82, 2.24) is 36.0 Å². The van der Waals surface area contributed by atoms with E-state index in [-0.39, 0.29) is 31.0 Å². The molecule has 3 N–H and O–H groups in total. The number of hydrogen-bond donors (Lipinski definition) is 3. The minimum absolute atomic E-state index is 0.0561. The van der Waals surface area contributed by atoms with Gasteiger partial charge in [-0.3, -0.25) is 15.0 Å². The van der Waals surface area contributed by atoms with Gasteiger partial charge in [0, 0.05) is 47.1 Å². The van der Waals surface area contributed by atoms with Gasteiger partial charge in [0.25, 0.3) is 5.91 Å². The first-order valence-corrected chi connectivity index (χ1v) is 15.2. The molecular weight excluding hydrogens is 594 g/mol. The summed E-state index contributed by atoms with van der Waals surface area (Å²) in [7, 11) is 0. The van der Waals surface area contributed by atoms with Crippen molar-refractivity contribution in [2.45, 2.75) is 58.6 Å². The van der Waals surface area contributed by atoms with Crippen LogP contribution < -0.4 is 10.9 Å². The lowest BCUT2D eigenvalue weighted by Crippen LogP contribution is -2.57. The van der Waals surface area contributed by atoms with Crippen molar-refractivity contribution in [1.29, 1.82) is 0 Å². The summed E-state index contributed by atoms with van der Waals surface area (Å²) in [6.07, 6.45) is 0.584. The standard InChI is InChI=1S/C33H38ClN7O4/c1-23(18-29(42)40-17-16-33(44,32(2,3)21-40)27-12-14-28(34)15-13-27)35-37-31(43)26-11-7-10-25(19-26)30-36-39-41(38-30)22-45-20-24-8-5-4-6-9-24/h4-15,19,23,35,44H,16-18,20-22H2,1-3H3,(H,37,43)/t23-,33+/m1/s1. The van der Waals surface area contributed by atoms with Gasteiger partial charge in [0.2, 0.25) is 11.7 Å². The summed E-state index contributed by atoms with van der Waals surface area (Å²) in [5, 5.41) is 24.7. The molecule has 2 amide bonds. The first kappa shape index (κ1) is 32.2. The Morgan fingerprint density at radius 1 is 1.07 bits per heavy atom. The molecule has 11 nitrogen and oxygen atoms in total. The van der Waals surface area contributed by atoms with E-state index in [9.17, 15) is 14.7 Å². The number of tetrazole rings is 1. The zero-order chi connectivity index (χ0) is 32.0. The van der Waals surface area contributed by atoms with E-state index in [0.29, 0.717) is 48.1 Å². The summed E-state index contributed by atoms with van der Waals surface area (Å²) in [6.45, 7) is 7.14. The van der Waals surface area contributed by atoms with Gasteiger partial charge in [-0.05, 0) is 54.0 Å². The Bertz CT molecular complexity index is 1610. The van der Waals surface area contributed by atoms with Gasteiger partial charge in [0.05, 0.1) is 12.2 Å². The number of halogens is 1. The Hall–Kier alpha value is -4.16. The van der Waals surface area contributed by atoms with Gasteiger partial charge in [-0.15, -0.1) is 15.0 Å². The number of hydrogen-bond acceptors (Lipinski definition) is 8. The van der Waals surface area contributed by atoms with Crippen LogP contribution in [-0.4, -0.2) is 61.2 Å². The number of ether oxygens (including phenoxy) is 1. The predicted octanol–water partition coefficient (Wildman–Crippen LogP) is 4.33. The van der Waals surface area contributed by atoms with Crippen LogP contribution in [-0.2, 0) is 28.5 Å². The third-order valence-electron chi connectivity index (χ3n) is 8.19. The predicted molar refractivity (Wildman–Crippen MR) is 169 cm³/mol. The van der Waals surface area contributed by atoms with E-state index in [1.165, 1.54) is 4.80 Å². The van der Waals surface area contributed by atoms with Gasteiger partial charge in [0.15, 0.2) is 6.73 Å². The molecule has 2 heterocycles. The second kappa shape index (κ2) is 13.9. The number of carbonyl (C=O) groups excluding carboxylic acids is 2. The average Bonchev–Trinajstić information content (AvgIpc) is 3.51. The van der Waals surface area contributed by atoms with Crippen LogP contribution in [0.15, 0.2) is 78.9 Å². The van der Waals surface area contributed by atoms with E-state index in [2.05, 4.69) is 26.3 Å². The number of nitrogens with one attached hydrogen (secondary N) is 2. The molecule has 45 heavy (non-hydrogen) atoms. The molecule has 1 aliphatic heterocycles. The zero-order valence-corrected chi connectivity index (χ0v) is 26.4. The van der Waals surface area contributed by atoms with E-state index < -0.39 is 11.0 Å². The van der Waals surface area contributed by atoms with Crippen LogP contribution in [0.3, 0.4) is 0 Å². The van der Waals surface area contributed by atoms with Gasteiger partial charge >= 0.3 is 0 Å². The Balaban J connectivity index is 1.10. The third-order valence-corrected chi connectivity index (χ3v) is 8.44. The molecule has 0 saturated carbocycles. The van der Waals surface area contributed by atoms with Crippen LogP contribution in [0.2, 0.25) is 5.02 Å². The number of amides is 2. The molecule has 12 heteroatoms. The zero-order valence-electron chi connectivity index (χ0n) is 25.6. The van der Waals surface area contributed by atoms with Crippen LogP contribution in [0, 0.1) is 5.41 Å². The number of hydrazine groups is 1. The van der Waals surface area contributed by atoms with E-state index >= 15 is 0 Å². The summed E-state index contributed by atoms with van der Waals surface area (Å²) in [5.41, 5.74) is 6.84. The number of rotatable bonds is 11. The minimum Gasteiger partial charge on any atom is -0.384 e. The molecule has 2 atom stereocenters. The lowest BCUT2D eigenvalue weighted by molar-refractivity contribution is -0.153. The normalized spacial score (nSPS) is 18.4. The summed E-state index contributed by atoms with van der Waals surface area (Å²) in [5.74, 6) is -0.0476. The number of carbonyl (C=O) groups is 2. The lowest BCUT2D eigenvalue weighted by atomic mass is 9.66. The number of benzene rings is 3. The number of aliphatic hydroxyl groups is 1. The molecule has 4 aromatic rings. The van der Waals surface area contributed by atoms with Crippen molar-refractivity contribution in [3.05, 3.63) is 101 Å². The quantitative estimate of drug-likeness (QED) is 0.208. The summed E-state index contributed by atoms with van der Waals surface area (Å²) < 4.78 is 5.66. The molecule has 5 rings (SSSR count). The number of nitrogens with zero attached hydrogens (tertiary/aromatic N) is 5. The second-order valence-electron chi connectivity index (χ2n) is 12.0. The highest BCUT2D eigenvalue weighted by Crippen LogP contribution is 2.46. The average molecular weight is 632 g/mol. The lowest BCUT2D eigenvalue weighted by Gasteiger charge is -2.50. The van der Waals surface area contributed by atoms with Crippen LogP contribution in [0.1, 0.15) is 55.1 Å². The highest BCUT2D eigenvalue weighted by atomic mass is 35.5. The highest BCUT2D eigenvalue weighted by molar-refractivity contribution is 6.30. The van der Waals surface area contributed by atoms with Crippen molar-refractivity contribution in [2.75, 3.05) is 13.1 Å². The van der Waals surface area contributed by atoms with E-state index in [1.54, 1.807) is 41.3 Å². The smallest absolute Gasteiger partial charge is 0.265 e. The molecule has 236 valence electrons. The fraction of sp³-hybridized carbons (Fsp3) is 0.364. The van der Waals surface area contributed by atoms with Crippen LogP contribution in [0.25, 0.3) is 11.4 Å². The first-order valence-electron chi connectivity index (χ1n) is 14.9.